The van der Waals surface area contributed by atoms with Gasteiger partial charge in [-0.15, -0.1) is 4.52 Å². The quantitative estimate of drug-likeness (QED) is 0.146. The van der Waals surface area contributed by atoms with E-state index in [2.05, 4.69) is 6.66 Å². The summed E-state index contributed by atoms with van der Waals surface area (Å²) in [5.74, 6) is 0. The van der Waals surface area contributed by atoms with Gasteiger partial charge in [-0.3, -0.25) is 0 Å². The van der Waals surface area contributed by atoms with E-state index in [1.165, 1.54) is 19.3 Å². The minimum atomic E-state index is -3.63. The smallest absolute Gasteiger partial charge is 0.348 e. The molecule has 0 bridgehead atoms. The highest BCUT2D eigenvalue weighted by Gasteiger charge is 2.43. The minimum absolute atomic E-state index is 0.0566. The second-order valence-corrected chi connectivity index (χ2v) is 23.5. The molecule has 0 aliphatic heterocycles. The number of rotatable bonds is 14. The maximum atomic E-state index is 10.5. The van der Waals surface area contributed by atoms with Gasteiger partial charge in [0.15, 0.2) is 0 Å². The summed E-state index contributed by atoms with van der Waals surface area (Å²) in [6.45, 7) is 2.06. The lowest BCUT2D eigenvalue weighted by Crippen LogP contribution is -2.27. The molecule has 0 saturated heterocycles. The Hall–Kier alpha value is 0.330. The van der Waals surface area contributed by atoms with Gasteiger partial charge in [0.1, 0.15) is 0 Å². The third-order valence-electron chi connectivity index (χ3n) is 12.2. The van der Waals surface area contributed by atoms with Crippen LogP contribution in [0.5, 0.6) is 0 Å². The van der Waals surface area contributed by atoms with E-state index >= 15 is 0 Å². The molecule has 0 amide bonds. The van der Waals surface area contributed by atoms with Gasteiger partial charge in [0, 0.05) is 13.7 Å². The molecule has 6 rings (SSSR count). The van der Waals surface area contributed by atoms with Crippen molar-refractivity contribution in [2.24, 2.45) is 13.8 Å². The molecule has 0 aromatic heterocycles. The second kappa shape index (κ2) is 20.8. The van der Waals surface area contributed by atoms with Crippen molar-refractivity contribution < 1.29 is 42.5 Å². The number of hydrogen-bond acceptors (Lipinski definition) is 10. The molecule has 0 spiro atoms. The average Bonchev–Trinajstić information content (AvgIpc) is 3.15. The fourth-order valence-electron chi connectivity index (χ4n) is 9.04. The third kappa shape index (κ3) is 13.4. The number of aliphatic hydroxyl groups excluding tert-OH is 3. The summed E-state index contributed by atoms with van der Waals surface area (Å²) in [6.07, 6.45) is 22.5. The van der Waals surface area contributed by atoms with E-state index < -0.39 is 22.8 Å². The standard InChI is InChI=1S/C38H72N3O9P3/c1-39-52(47-36-24-18-30(42)19-25-36,48-37-26-20-31(43)21-27-37)41-53(49-35-16-10-5-11-17-35,50-38-28-22-32(44)23-29-38)40-51(2,45-33-12-6-3-7-13-33)46-34-14-8-4-9-15-34/h30-38,42-44H,3-29H2,1-2H3. The van der Waals surface area contributed by atoms with Crippen molar-refractivity contribution in [1.82, 2.24) is 0 Å². The summed E-state index contributed by atoms with van der Waals surface area (Å²) >= 11 is 0. The van der Waals surface area contributed by atoms with Gasteiger partial charge in [0.2, 0.25) is 7.51 Å². The molecule has 0 heterocycles. The Morgan fingerprint density at radius 3 is 0.962 bits per heavy atom. The highest BCUT2D eigenvalue weighted by molar-refractivity contribution is 7.72. The monoisotopic (exact) mass is 807 g/mol. The van der Waals surface area contributed by atoms with E-state index in [-0.39, 0.29) is 54.9 Å². The first-order chi connectivity index (χ1) is 25.6. The summed E-state index contributed by atoms with van der Waals surface area (Å²) in [4.78, 5) is 0. The lowest BCUT2D eigenvalue weighted by Gasteiger charge is -2.39. The highest BCUT2D eigenvalue weighted by atomic mass is 31.3. The maximum absolute atomic E-state index is 10.5. The zero-order chi connectivity index (χ0) is 37.2. The summed E-state index contributed by atoms with van der Waals surface area (Å²) < 4.78 is 59.4. The first-order valence-electron chi connectivity index (χ1n) is 21.5. The molecule has 3 N–H and O–H groups in total. The van der Waals surface area contributed by atoms with Crippen LogP contribution >= 0.6 is 22.8 Å². The Kier molecular flexibility index (Phi) is 16.9. The zero-order valence-electron chi connectivity index (χ0n) is 32.8. The molecule has 308 valence electrons. The summed E-state index contributed by atoms with van der Waals surface area (Å²) in [5.41, 5.74) is 0. The third-order valence-corrected chi connectivity index (χ3v) is 20.4. The van der Waals surface area contributed by atoms with Crippen molar-refractivity contribution in [3.8, 4) is 0 Å². The molecule has 6 aliphatic rings. The van der Waals surface area contributed by atoms with Crippen LogP contribution in [0.15, 0.2) is 13.8 Å². The maximum Gasteiger partial charge on any atom is 0.348 e. The summed E-state index contributed by atoms with van der Waals surface area (Å²) in [6, 6.07) is 0. The van der Waals surface area contributed by atoms with Crippen molar-refractivity contribution in [3.05, 3.63) is 0 Å². The van der Waals surface area contributed by atoms with Gasteiger partial charge < -0.3 is 42.5 Å². The Balaban J connectivity index is 1.50. The molecule has 1 atom stereocenters. The lowest BCUT2D eigenvalue weighted by atomic mass is 9.95. The fraction of sp³-hybridized carbons (Fsp3) is 1.00. The van der Waals surface area contributed by atoms with Gasteiger partial charge in [-0.1, -0.05) is 57.8 Å². The Morgan fingerprint density at radius 2 is 0.642 bits per heavy atom. The van der Waals surface area contributed by atoms with Gasteiger partial charge in [0.25, 0.3) is 0 Å². The van der Waals surface area contributed by atoms with Gasteiger partial charge in [-0.2, -0.15) is 4.52 Å². The van der Waals surface area contributed by atoms with Crippen LogP contribution in [0.1, 0.15) is 173 Å². The van der Waals surface area contributed by atoms with E-state index in [1.807, 2.05) is 0 Å². The van der Waals surface area contributed by atoms with Gasteiger partial charge in [0.05, 0.1) is 54.9 Å². The minimum Gasteiger partial charge on any atom is -0.393 e. The van der Waals surface area contributed by atoms with Crippen LogP contribution in [0.3, 0.4) is 0 Å². The van der Waals surface area contributed by atoms with E-state index in [0.717, 1.165) is 77.0 Å². The Morgan fingerprint density at radius 1 is 0.358 bits per heavy atom. The fourth-order valence-corrected chi connectivity index (χ4v) is 18.2. The van der Waals surface area contributed by atoms with Crippen molar-refractivity contribution in [2.45, 2.75) is 228 Å². The molecule has 15 heteroatoms. The van der Waals surface area contributed by atoms with Crippen LogP contribution in [-0.2, 0) is 27.1 Å². The van der Waals surface area contributed by atoms with Crippen LogP contribution in [0.2, 0.25) is 0 Å². The number of aliphatic hydroxyl groups is 3. The lowest BCUT2D eigenvalue weighted by molar-refractivity contribution is 0.0370. The SMILES string of the molecule is CN=P(N=P(N=P(C)(OC1CCCCC1)OC1CCCCC1)(OC1CCCCC1)OC1CCC(O)CC1)(OC1CCC(O)CC1)OC1CCC(O)CC1. The van der Waals surface area contributed by atoms with E-state index in [4.69, 9.17) is 40.9 Å². The predicted octanol–water partition coefficient (Wildman–Crippen LogP) is 11.2. The predicted molar refractivity (Wildman–Crippen MR) is 212 cm³/mol. The van der Waals surface area contributed by atoms with Crippen molar-refractivity contribution in [3.63, 3.8) is 0 Å². The van der Waals surface area contributed by atoms with Crippen LogP contribution < -0.4 is 0 Å². The Bertz CT molecular complexity index is 1210. The van der Waals surface area contributed by atoms with Crippen LogP contribution in [0.4, 0.5) is 0 Å². The molecule has 0 aromatic rings. The zero-order valence-corrected chi connectivity index (χ0v) is 35.4. The van der Waals surface area contributed by atoms with Gasteiger partial charge in [-0.25, -0.2) is 4.74 Å². The Labute approximate surface area is 320 Å². The molecule has 12 nitrogen and oxygen atoms in total. The van der Waals surface area contributed by atoms with Crippen molar-refractivity contribution in [1.29, 1.82) is 0 Å². The normalized spacial score (nSPS) is 34.1. The number of hydrogen-bond donors (Lipinski definition) is 3. The molecule has 53 heavy (non-hydrogen) atoms. The van der Waals surface area contributed by atoms with Crippen LogP contribution in [0, 0.1) is 0 Å². The molecule has 1 unspecified atom stereocenters. The molecular weight excluding hydrogens is 735 g/mol. The molecule has 6 aliphatic carbocycles. The summed E-state index contributed by atoms with van der Waals surface area (Å²) in [5, 5.41) is 31.3. The molecule has 0 radical (unpaired) electrons. The highest BCUT2D eigenvalue weighted by Crippen LogP contribution is 2.74. The van der Waals surface area contributed by atoms with E-state index in [9.17, 15) is 15.3 Å². The first kappa shape index (κ1) is 42.9. The molecule has 0 aromatic carbocycles. The van der Waals surface area contributed by atoms with Gasteiger partial charge in [-0.05, 0) is 116 Å². The van der Waals surface area contributed by atoms with Gasteiger partial charge >= 0.3 is 15.3 Å². The first-order valence-corrected chi connectivity index (χ1v) is 26.6. The topological polar surface area (TPSA) is 153 Å². The largest absolute Gasteiger partial charge is 0.393 e. The van der Waals surface area contributed by atoms with Crippen LogP contribution in [0.25, 0.3) is 0 Å². The average molecular weight is 808 g/mol. The number of nitrogens with zero attached hydrogens (tertiary/aromatic N) is 3. The van der Waals surface area contributed by atoms with Crippen molar-refractivity contribution >= 4 is 22.8 Å². The van der Waals surface area contributed by atoms with E-state index in [1.54, 1.807) is 7.05 Å². The van der Waals surface area contributed by atoms with Crippen molar-refractivity contribution in [2.75, 3.05) is 13.7 Å². The molecule has 6 fully saturated rings. The van der Waals surface area contributed by atoms with Crippen LogP contribution in [-0.4, -0.2) is 84.0 Å². The molecular formula is C38H72N3O9P3. The molecule has 6 saturated carbocycles. The summed E-state index contributed by atoms with van der Waals surface area (Å²) in [7, 11) is -8.33. The second-order valence-electron chi connectivity index (χ2n) is 16.9. The van der Waals surface area contributed by atoms with E-state index in [0.29, 0.717) is 77.0 Å².